The Balaban J connectivity index is 1.89. The largest absolute Gasteiger partial charge is 0.465 e. The molecule has 0 bridgehead atoms. The molecule has 2 heterocycles. The number of furan rings is 1. The van der Waals surface area contributed by atoms with Gasteiger partial charge in [-0.3, -0.25) is 4.90 Å². The molecule has 2 rings (SSSR count). The van der Waals surface area contributed by atoms with E-state index in [1.165, 1.54) is 0 Å². The number of morpholine rings is 1. The minimum absolute atomic E-state index is 0.0733. The number of aliphatic hydroxyl groups excluding tert-OH is 1. The fourth-order valence-corrected chi connectivity index (χ4v) is 2.15. The Labute approximate surface area is 107 Å². The Bertz CT molecular complexity index is 353. The highest BCUT2D eigenvalue weighted by Gasteiger charge is 2.26. The molecular weight excluding hydrogens is 234 g/mol. The summed E-state index contributed by atoms with van der Waals surface area (Å²) in [4.78, 5) is 2.30. The molecule has 0 spiro atoms. The van der Waals surface area contributed by atoms with Crippen LogP contribution in [0.4, 0.5) is 0 Å². The van der Waals surface area contributed by atoms with Gasteiger partial charge in [0.05, 0.1) is 39.1 Å². The van der Waals surface area contributed by atoms with Gasteiger partial charge < -0.3 is 19.0 Å². The SMILES string of the molecule is Cc1ccc(C2COCCN2CCOCCO)o1. The molecule has 18 heavy (non-hydrogen) atoms. The van der Waals surface area contributed by atoms with Crippen molar-refractivity contribution in [1.82, 2.24) is 4.90 Å². The predicted octanol–water partition coefficient (Wildman–Crippen LogP) is 0.970. The summed E-state index contributed by atoms with van der Waals surface area (Å²) >= 11 is 0. The molecule has 0 radical (unpaired) electrons. The normalized spacial score (nSPS) is 21.3. The lowest BCUT2D eigenvalue weighted by molar-refractivity contribution is -0.0301. The molecule has 0 saturated carbocycles. The summed E-state index contributed by atoms with van der Waals surface area (Å²) in [5, 5.41) is 8.66. The molecule has 1 saturated heterocycles. The number of aryl methyl sites for hydroxylation is 1. The Morgan fingerprint density at radius 2 is 2.33 bits per heavy atom. The van der Waals surface area contributed by atoms with Gasteiger partial charge in [-0.05, 0) is 19.1 Å². The summed E-state index contributed by atoms with van der Waals surface area (Å²) in [5.74, 6) is 1.88. The first kappa shape index (κ1) is 13.5. The zero-order chi connectivity index (χ0) is 12.8. The summed E-state index contributed by atoms with van der Waals surface area (Å²) in [5.41, 5.74) is 0. The van der Waals surface area contributed by atoms with E-state index in [-0.39, 0.29) is 12.6 Å². The summed E-state index contributed by atoms with van der Waals surface area (Å²) in [7, 11) is 0. The van der Waals surface area contributed by atoms with E-state index in [1.807, 2.05) is 19.1 Å². The average Bonchev–Trinajstić information content (AvgIpc) is 2.82. The van der Waals surface area contributed by atoms with Crippen molar-refractivity contribution in [2.24, 2.45) is 0 Å². The highest BCUT2D eigenvalue weighted by molar-refractivity contribution is 5.10. The van der Waals surface area contributed by atoms with Crippen molar-refractivity contribution < 1.29 is 19.0 Å². The molecule has 102 valence electrons. The van der Waals surface area contributed by atoms with Crippen LogP contribution in [0.15, 0.2) is 16.5 Å². The highest BCUT2D eigenvalue weighted by atomic mass is 16.5. The molecule has 5 nitrogen and oxygen atoms in total. The van der Waals surface area contributed by atoms with Crippen LogP contribution in [0.3, 0.4) is 0 Å². The van der Waals surface area contributed by atoms with Crippen LogP contribution in [0.25, 0.3) is 0 Å². The van der Waals surface area contributed by atoms with E-state index in [4.69, 9.17) is 19.0 Å². The molecule has 1 aromatic rings. The van der Waals surface area contributed by atoms with Gasteiger partial charge in [-0.15, -0.1) is 0 Å². The van der Waals surface area contributed by atoms with Crippen LogP contribution in [0.5, 0.6) is 0 Å². The second-order valence-corrected chi connectivity index (χ2v) is 4.41. The van der Waals surface area contributed by atoms with Crippen molar-refractivity contribution >= 4 is 0 Å². The molecule has 1 fully saturated rings. The predicted molar refractivity (Wildman–Crippen MR) is 66.5 cm³/mol. The molecule has 1 atom stereocenters. The molecule has 1 unspecified atom stereocenters. The van der Waals surface area contributed by atoms with Gasteiger partial charge >= 0.3 is 0 Å². The third-order valence-corrected chi connectivity index (χ3v) is 3.09. The van der Waals surface area contributed by atoms with Crippen LogP contribution < -0.4 is 0 Å². The van der Waals surface area contributed by atoms with Crippen LogP contribution in [0, 0.1) is 6.92 Å². The first-order valence-corrected chi connectivity index (χ1v) is 6.38. The standard InChI is InChI=1S/C13H21NO4/c1-11-2-3-13(18-11)12-10-17-8-5-14(12)4-7-16-9-6-15/h2-3,12,15H,4-10H2,1H3. The average molecular weight is 255 g/mol. The maximum Gasteiger partial charge on any atom is 0.123 e. The molecule has 1 aromatic heterocycles. The second-order valence-electron chi connectivity index (χ2n) is 4.41. The van der Waals surface area contributed by atoms with Gasteiger partial charge in [-0.1, -0.05) is 0 Å². The number of nitrogens with zero attached hydrogens (tertiary/aromatic N) is 1. The fourth-order valence-electron chi connectivity index (χ4n) is 2.15. The van der Waals surface area contributed by atoms with E-state index in [0.29, 0.717) is 19.8 Å². The first-order chi connectivity index (χ1) is 8.81. The zero-order valence-electron chi connectivity index (χ0n) is 10.8. The molecule has 1 N–H and O–H groups in total. The van der Waals surface area contributed by atoms with Gasteiger partial charge in [-0.25, -0.2) is 0 Å². The van der Waals surface area contributed by atoms with E-state index in [0.717, 1.165) is 31.2 Å². The minimum Gasteiger partial charge on any atom is -0.465 e. The quantitative estimate of drug-likeness (QED) is 0.768. The Morgan fingerprint density at radius 3 is 3.06 bits per heavy atom. The molecule has 0 amide bonds. The maximum atomic E-state index is 8.66. The first-order valence-electron chi connectivity index (χ1n) is 6.38. The third-order valence-electron chi connectivity index (χ3n) is 3.09. The lowest BCUT2D eigenvalue weighted by Crippen LogP contribution is -2.41. The fraction of sp³-hybridized carbons (Fsp3) is 0.692. The monoisotopic (exact) mass is 255 g/mol. The zero-order valence-corrected chi connectivity index (χ0v) is 10.8. The van der Waals surface area contributed by atoms with Crippen LogP contribution in [0.2, 0.25) is 0 Å². The summed E-state index contributed by atoms with van der Waals surface area (Å²) in [6.07, 6.45) is 0. The van der Waals surface area contributed by atoms with Crippen LogP contribution >= 0.6 is 0 Å². The van der Waals surface area contributed by atoms with Gasteiger partial charge in [0.15, 0.2) is 0 Å². The molecule has 0 aliphatic carbocycles. The smallest absolute Gasteiger partial charge is 0.123 e. The highest BCUT2D eigenvalue weighted by Crippen LogP contribution is 2.25. The molecule has 1 aliphatic heterocycles. The number of rotatable bonds is 6. The summed E-state index contributed by atoms with van der Waals surface area (Å²) in [6.45, 7) is 6.15. The topological polar surface area (TPSA) is 55.1 Å². The van der Waals surface area contributed by atoms with Crippen LogP contribution in [-0.4, -0.2) is 56.1 Å². The Hall–Kier alpha value is -0.880. The van der Waals surface area contributed by atoms with Gasteiger partial charge in [-0.2, -0.15) is 0 Å². The van der Waals surface area contributed by atoms with E-state index in [9.17, 15) is 0 Å². The van der Waals surface area contributed by atoms with Crippen molar-refractivity contribution in [3.63, 3.8) is 0 Å². The number of aliphatic hydroxyl groups is 1. The molecular formula is C13H21NO4. The van der Waals surface area contributed by atoms with Gasteiger partial charge in [0, 0.05) is 13.1 Å². The van der Waals surface area contributed by atoms with Crippen molar-refractivity contribution in [2.75, 3.05) is 46.1 Å². The van der Waals surface area contributed by atoms with E-state index >= 15 is 0 Å². The lowest BCUT2D eigenvalue weighted by atomic mass is 10.2. The van der Waals surface area contributed by atoms with Crippen LogP contribution in [-0.2, 0) is 9.47 Å². The third kappa shape index (κ3) is 3.55. The van der Waals surface area contributed by atoms with E-state index in [2.05, 4.69) is 4.90 Å². The summed E-state index contributed by atoms with van der Waals surface area (Å²) < 4.78 is 16.5. The van der Waals surface area contributed by atoms with Gasteiger partial charge in [0.1, 0.15) is 11.5 Å². The van der Waals surface area contributed by atoms with Crippen molar-refractivity contribution in [1.29, 1.82) is 0 Å². The number of hydrogen-bond donors (Lipinski definition) is 1. The van der Waals surface area contributed by atoms with Crippen molar-refractivity contribution in [2.45, 2.75) is 13.0 Å². The molecule has 0 aromatic carbocycles. The number of hydrogen-bond acceptors (Lipinski definition) is 5. The summed E-state index contributed by atoms with van der Waals surface area (Å²) in [6, 6.07) is 4.16. The maximum absolute atomic E-state index is 8.66. The van der Waals surface area contributed by atoms with Crippen molar-refractivity contribution in [3.8, 4) is 0 Å². The molecule has 5 heteroatoms. The Kier molecular flexibility index (Phi) is 5.19. The van der Waals surface area contributed by atoms with E-state index < -0.39 is 0 Å². The molecule has 1 aliphatic rings. The Morgan fingerprint density at radius 1 is 1.44 bits per heavy atom. The van der Waals surface area contributed by atoms with Gasteiger partial charge in [0.25, 0.3) is 0 Å². The van der Waals surface area contributed by atoms with Crippen LogP contribution in [0.1, 0.15) is 17.6 Å². The number of ether oxygens (including phenoxy) is 2. The van der Waals surface area contributed by atoms with E-state index in [1.54, 1.807) is 0 Å². The van der Waals surface area contributed by atoms with Crippen molar-refractivity contribution in [3.05, 3.63) is 23.7 Å². The van der Waals surface area contributed by atoms with Gasteiger partial charge in [0.2, 0.25) is 0 Å². The second kappa shape index (κ2) is 6.89. The lowest BCUT2D eigenvalue weighted by Gasteiger charge is -2.34. The minimum atomic E-state index is 0.0733.